The van der Waals surface area contributed by atoms with Gasteiger partial charge in [-0.15, -0.1) is 24.0 Å². The molecule has 0 radical (unpaired) electrons. The minimum absolute atomic E-state index is 0. The summed E-state index contributed by atoms with van der Waals surface area (Å²) < 4.78 is 2.24. The first kappa shape index (κ1) is 21.0. The highest BCUT2D eigenvalue weighted by Crippen LogP contribution is 2.29. The van der Waals surface area contributed by atoms with E-state index in [2.05, 4.69) is 45.1 Å². The fourth-order valence-corrected chi connectivity index (χ4v) is 4.11. The van der Waals surface area contributed by atoms with Crippen molar-refractivity contribution >= 4 is 41.7 Å². The Balaban J connectivity index is 0.00000243. The summed E-state index contributed by atoms with van der Waals surface area (Å²) in [5.74, 6) is 3.92. The van der Waals surface area contributed by atoms with Crippen molar-refractivity contribution in [3.05, 3.63) is 42.1 Å². The molecule has 26 heavy (non-hydrogen) atoms. The standard InChI is InChI=1S/C18H26N6S.HI/c1-14-20-7-8-24(14)16-6-5-15(11-21-16)12-22-17(19-4)23-9-10-25-18(2,3)13-23;/h5-8,11H,9-10,12-13H2,1-4H3,(H,19,22);1H. The van der Waals surface area contributed by atoms with E-state index in [-0.39, 0.29) is 28.7 Å². The van der Waals surface area contributed by atoms with Crippen molar-refractivity contribution in [3.63, 3.8) is 0 Å². The third-order valence-corrected chi connectivity index (χ3v) is 5.57. The number of thioether (sulfide) groups is 1. The van der Waals surface area contributed by atoms with E-state index >= 15 is 0 Å². The molecule has 1 fully saturated rings. The minimum atomic E-state index is 0. The third kappa shape index (κ3) is 5.12. The van der Waals surface area contributed by atoms with Crippen LogP contribution in [0.4, 0.5) is 0 Å². The van der Waals surface area contributed by atoms with Crippen LogP contribution in [-0.4, -0.2) is 56.0 Å². The predicted molar refractivity (Wildman–Crippen MR) is 120 cm³/mol. The van der Waals surface area contributed by atoms with E-state index in [1.807, 2.05) is 48.8 Å². The number of hydrogen-bond acceptors (Lipinski definition) is 4. The Morgan fingerprint density at radius 3 is 2.73 bits per heavy atom. The highest BCUT2D eigenvalue weighted by atomic mass is 127. The molecule has 0 aromatic carbocycles. The summed E-state index contributed by atoms with van der Waals surface area (Å²) in [5.41, 5.74) is 1.13. The number of aryl methyl sites for hydroxylation is 1. The fraction of sp³-hybridized carbons (Fsp3) is 0.500. The van der Waals surface area contributed by atoms with Crippen molar-refractivity contribution in [1.82, 2.24) is 24.8 Å². The number of aliphatic imine (C=N–C) groups is 1. The molecule has 3 heterocycles. The van der Waals surface area contributed by atoms with Crippen LogP contribution in [0.2, 0.25) is 0 Å². The molecule has 0 unspecified atom stereocenters. The number of aromatic nitrogens is 3. The smallest absolute Gasteiger partial charge is 0.193 e. The number of pyridine rings is 1. The molecule has 142 valence electrons. The molecule has 8 heteroatoms. The van der Waals surface area contributed by atoms with Gasteiger partial charge in [-0.05, 0) is 32.4 Å². The average Bonchev–Trinajstić information content (AvgIpc) is 3.01. The molecule has 1 aliphatic rings. The molecule has 2 aromatic heterocycles. The van der Waals surface area contributed by atoms with Crippen molar-refractivity contribution in [2.24, 2.45) is 4.99 Å². The van der Waals surface area contributed by atoms with Crippen LogP contribution in [0.5, 0.6) is 0 Å². The molecular weight excluding hydrogens is 459 g/mol. The molecule has 1 N–H and O–H groups in total. The number of guanidine groups is 1. The van der Waals surface area contributed by atoms with E-state index in [0.29, 0.717) is 6.54 Å². The maximum Gasteiger partial charge on any atom is 0.193 e. The van der Waals surface area contributed by atoms with Gasteiger partial charge in [0.25, 0.3) is 0 Å². The summed E-state index contributed by atoms with van der Waals surface area (Å²) in [6.45, 7) is 9.31. The Morgan fingerprint density at radius 1 is 1.35 bits per heavy atom. The van der Waals surface area contributed by atoms with Crippen LogP contribution in [0.1, 0.15) is 25.2 Å². The van der Waals surface area contributed by atoms with Gasteiger partial charge in [0, 0.05) is 55.8 Å². The maximum absolute atomic E-state index is 4.55. The largest absolute Gasteiger partial charge is 0.352 e. The number of nitrogens with one attached hydrogen (secondary N) is 1. The van der Waals surface area contributed by atoms with Gasteiger partial charge in [0.15, 0.2) is 5.96 Å². The van der Waals surface area contributed by atoms with Crippen LogP contribution in [0.3, 0.4) is 0 Å². The highest BCUT2D eigenvalue weighted by molar-refractivity contribution is 14.0. The second-order valence-electron chi connectivity index (χ2n) is 6.80. The molecule has 0 spiro atoms. The van der Waals surface area contributed by atoms with Crippen molar-refractivity contribution < 1.29 is 0 Å². The maximum atomic E-state index is 4.55. The Bertz CT molecular complexity index is 740. The van der Waals surface area contributed by atoms with E-state index in [1.165, 1.54) is 0 Å². The van der Waals surface area contributed by atoms with Crippen LogP contribution in [-0.2, 0) is 6.54 Å². The van der Waals surface area contributed by atoms with Crippen molar-refractivity contribution in [3.8, 4) is 5.82 Å². The Hall–Kier alpha value is -1.29. The SMILES string of the molecule is CN=C(NCc1ccc(-n2ccnc2C)nc1)N1CCSC(C)(C)C1.I. The first-order valence-electron chi connectivity index (χ1n) is 8.53. The minimum Gasteiger partial charge on any atom is -0.352 e. The summed E-state index contributed by atoms with van der Waals surface area (Å²) in [5, 5.41) is 3.47. The Morgan fingerprint density at radius 2 is 2.15 bits per heavy atom. The molecule has 0 amide bonds. The summed E-state index contributed by atoms with van der Waals surface area (Å²) in [7, 11) is 1.85. The first-order valence-corrected chi connectivity index (χ1v) is 9.52. The molecule has 3 rings (SSSR count). The molecular formula is C18H27IN6S. The van der Waals surface area contributed by atoms with Crippen molar-refractivity contribution in [2.75, 3.05) is 25.9 Å². The number of halogens is 1. The lowest BCUT2D eigenvalue weighted by Gasteiger charge is -2.39. The quantitative estimate of drug-likeness (QED) is 0.411. The zero-order valence-corrected chi connectivity index (χ0v) is 18.9. The van der Waals surface area contributed by atoms with Gasteiger partial charge < -0.3 is 10.2 Å². The molecule has 6 nitrogen and oxygen atoms in total. The van der Waals surface area contributed by atoms with Gasteiger partial charge in [-0.2, -0.15) is 11.8 Å². The van der Waals surface area contributed by atoms with E-state index < -0.39 is 0 Å². The van der Waals surface area contributed by atoms with Gasteiger partial charge in [0.1, 0.15) is 11.6 Å². The lowest BCUT2D eigenvalue weighted by atomic mass is 10.2. The molecule has 1 aliphatic heterocycles. The number of nitrogens with zero attached hydrogens (tertiary/aromatic N) is 5. The third-order valence-electron chi connectivity index (χ3n) is 4.27. The summed E-state index contributed by atoms with van der Waals surface area (Å²) in [6, 6.07) is 4.12. The molecule has 0 saturated carbocycles. The van der Waals surface area contributed by atoms with E-state index in [4.69, 9.17) is 0 Å². The summed E-state index contributed by atoms with van der Waals surface area (Å²) in [6.07, 6.45) is 5.62. The Labute approximate surface area is 176 Å². The lowest BCUT2D eigenvalue weighted by Crippen LogP contribution is -2.50. The molecule has 2 aromatic rings. The van der Waals surface area contributed by atoms with Gasteiger partial charge in [-0.25, -0.2) is 9.97 Å². The monoisotopic (exact) mass is 486 g/mol. The number of hydrogen-bond donors (Lipinski definition) is 1. The topological polar surface area (TPSA) is 58.3 Å². The zero-order chi connectivity index (χ0) is 17.9. The zero-order valence-electron chi connectivity index (χ0n) is 15.8. The van der Waals surface area contributed by atoms with Crippen LogP contribution >= 0.6 is 35.7 Å². The Kier molecular flexibility index (Phi) is 7.33. The second kappa shape index (κ2) is 9.07. The van der Waals surface area contributed by atoms with Crippen LogP contribution in [0, 0.1) is 6.92 Å². The van der Waals surface area contributed by atoms with Gasteiger partial charge in [0.2, 0.25) is 0 Å². The normalized spacial score (nSPS) is 16.9. The highest BCUT2D eigenvalue weighted by Gasteiger charge is 2.28. The molecule has 1 saturated heterocycles. The number of imidazole rings is 1. The fourth-order valence-electron chi connectivity index (χ4n) is 2.99. The van der Waals surface area contributed by atoms with Gasteiger partial charge >= 0.3 is 0 Å². The summed E-state index contributed by atoms with van der Waals surface area (Å²) >= 11 is 2.03. The first-order chi connectivity index (χ1) is 12.0. The van der Waals surface area contributed by atoms with Crippen LogP contribution in [0.15, 0.2) is 35.7 Å². The van der Waals surface area contributed by atoms with E-state index in [0.717, 1.165) is 42.0 Å². The van der Waals surface area contributed by atoms with Crippen molar-refractivity contribution in [1.29, 1.82) is 0 Å². The molecule has 0 bridgehead atoms. The van der Waals surface area contributed by atoms with Gasteiger partial charge in [-0.3, -0.25) is 9.56 Å². The number of rotatable bonds is 3. The van der Waals surface area contributed by atoms with Gasteiger partial charge in [-0.1, -0.05) is 6.07 Å². The van der Waals surface area contributed by atoms with E-state index in [1.54, 1.807) is 6.20 Å². The molecule has 0 aliphatic carbocycles. The van der Waals surface area contributed by atoms with E-state index in [9.17, 15) is 0 Å². The second-order valence-corrected chi connectivity index (χ2v) is 8.60. The van der Waals surface area contributed by atoms with Gasteiger partial charge in [0.05, 0.1) is 0 Å². The van der Waals surface area contributed by atoms with Crippen molar-refractivity contribution in [2.45, 2.75) is 32.1 Å². The predicted octanol–water partition coefficient (Wildman–Crippen LogP) is 3.10. The molecule has 0 atom stereocenters. The van der Waals surface area contributed by atoms with Crippen LogP contribution in [0.25, 0.3) is 5.82 Å². The average molecular weight is 486 g/mol. The van der Waals surface area contributed by atoms with Crippen LogP contribution < -0.4 is 5.32 Å². The summed E-state index contributed by atoms with van der Waals surface area (Å²) in [4.78, 5) is 15.6. The lowest BCUT2D eigenvalue weighted by molar-refractivity contribution is 0.375.